The molecule has 14 heteroatoms. The molecular formula is C27H33Cl2FN8O2S. The number of hydrogen-bond acceptors (Lipinski definition) is 9. The van der Waals surface area contributed by atoms with Gasteiger partial charge in [-0.25, -0.2) is 17.8 Å². The molecule has 220 valence electrons. The zero-order valence-corrected chi connectivity index (χ0v) is 25.2. The highest BCUT2D eigenvalue weighted by molar-refractivity contribution is 7.92. The summed E-state index contributed by atoms with van der Waals surface area (Å²) >= 11 is 12.4. The number of likely N-dealkylation sites (N-methyl/N-ethyl adjacent to an activating group) is 1. The SMILES string of the molecule is CN1CCN(C2CCN(c3ccc(Nc4ncc(Cl)c(Nc5cc(Cl)ccc5NS(C)(=O)=O)n4)cc3F)CC2)CC1. The molecule has 3 N–H and O–H groups in total. The van der Waals surface area contributed by atoms with Crippen LogP contribution in [0.5, 0.6) is 0 Å². The molecule has 2 aliphatic heterocycles. The Morgan fingerprint density at radius 3 is 2.37 bits per heavy atom. The maximum absolute atomic E-state index is 15.2. The summed E-state index contributed by atoms with van der Waals surface area (Å²) in [7, 11) is -1.38. The number of rotatable bonds is 8. The maximum Gasteiger partial charge on any atom is 0.229 e. The van der Waals surface area contributed by atoms with Crippen molar-refractivity contribution in [3.05, 3.63) is 58.5 Å². The molecule has 0 atom stereocenters. The van der Waals surface area contributed by atoms with Crippen molar-refractivity contribution in [1.29, 1.82) is 0 Å². The molecule has 2 aromatic carbocycles. The van der Waals surface area contributed by atoms with Gasteiger partial charge in [0.2, 0.25) is 16.0 Å². The largest absolute Gasteiger partial charge is 0.369 e. The molecule has 10 nitrogen and oxygen atoms in total. The summed E-state index contributed by atoms with van der Waals surface area (Å²) in [5, 5.41) is 6.60. The van der Waals surface area contributed by atoms with Crippen molar-refractivity contribution in [3.8, 4) is 0 Å². The molecule has 1 aromatic heterocycles. The van der Waals surface area contributed by atoms with E-state index in [-0.39, 0.29) is 28.3 Å². The van der Waals surface area contributed by atoms with E-state index in [4.69, 9.17) is 23.2 Å². The van der Waals surface area contributed by atoms with Crippen molar-refractivity contribution >= 4 is 67.7 Å². The van der Waals surface area contributed by atoms with Gasteiger partial charge in [0.15, 0.2) is 5.82 Å². The first-order chi connectivity index (χ1) is 19.5. The van der Waals surface area contributed by atoms with Crippen LogP contribution in [0.25, 0.3) is 0 Å². The molecule has 41 heavy (non-hydrogen) atoms. The predicted molar refractivity (Wildman–Crippen MR) is 164 cm³/mol. The van der Waals surface area contributed by atoms with Crippen LogP contribution in [-0.4, -0.2) is 86.8 Å². The number of nitrogens with one attached hydrogen (secondary N) is 3. The number of sulfonamides is 1. The zero-order valence-electron chi connectivity index (χ0n) is 22.9. The average molecular weight is 624 g/mol. The Bertz CT molecular complexity index is 1500. The molecule has 5 rings (SSSR count). The van der Waals surface area contributed by atoms with Gasteiger partial charge >= 0.3 is 0 Å². The zero-order chi connectivity index (χ0) is 29.1. The van der Waals surface area contributed by atoms with E-state index in [0.29, 0.717) is 28.1 Å². The second-order valence-electron chi connectivity index (χ2n) is 10.4. The maximum atomic E-state index is 15.2. The van der Waals surface area contributed by atoms with Gasteiger partial charge in [-0.1, -0.05) is 23.2 Å². The summed E-state index contributed by atoms with van der Waals surface area (Å²) in [4.78, 5) is 15.6. The summed E-state index contributed by atoms with van der Waals surface area (Å²) in [6.45, 7) is 6.02. The molecule has 2 aliphatic rings. The third-order valence-corrected chi connectivity index (χ3v) is 8.44. The highest BCUT2D eigenvalue weighted by atomic mass is 35.5. The molecule has 3 aromatic rings. The second-order valence-corrected chi connectivity index (χ2v) is 13.0. The third kappa shape index (κ3) is 7.69. The van der Waals surface area contributed by atoms with Crippen molar-refractivity contribution in [2.24, 2.45) is 0 Å². The van der Waals surface area contributed by atoms with Crippen molar-refractivity contribution < 1.29 is 12.8 Å². The molecule has 0 saturated carbocycles. The number of nitrogens with zero attached hydrogens (tertiary/aromatic N) is 5. The third-order valence-electron chi connectivity index (χ3n) is 7.34. The summed E-state index contributed by atoms with van der Waals surface area (Å²) in [6, 6.07) is 10.2. The van der Waals surface area contributed by atoms with Crippen LogP contribution in [0, 0.1) is 5.82 Å². The highest BCUT2D eigenvalue weighted by Crippen LogP contribution is 2.33. The van der Waals surface area contributed by atoms with E-state index in [1.807, 2.05) is 0 Å². The Hall–Kier alpha value is -2.90. The Kier molecular flexibility index (Phi) is 9.05. The summed E-state index contributed by atoms with van der Waals surface area (Å²) in [5.74, 6) is 0.0655. The van der Waals surface area contributed by atoms with Crippen molar-refractivity contribution in [2.75, 3.05) is 72.8 Å². The van der Waals surface area contributed by atoms with Gasteiger partial charge in [0.05, 0.1) is 29.5 Å². The molecule has 2 saturated heterocycles. The van der Waals surface area contributed by atoms with E-state index < -0.39 is 10.0 Å². The van der Waals surface area contributed by atoms with E-state index in [0.717, 1.165) is 58.4 Å². The van der Waals surface area contributed by atoms with Crippen LogP contribution in [-0.2, 0) is 10.0 Å². The molecule has 0 amide bonds. The molecule has 0 unspecified atom stereocenters. The van der Waals surface area contributed by atoms with Gasteiger partial charge in [0, 0.05) is 56.0 Å². The fourth-order valence-electron chi connectivity index (χ4n) is 5.18. The minimum absolute atomic E-state index is 0.177. The molecule has 0 bridgehead atoms. The second kappa shape index (κ2) is 12.5. The number of halogens is 3. The van der Waals surface area contributed by atoms with Crippen LogP contribution in [0.15, 0.2) is 42.6 Å². The Morgan fingerprint density at radius 2 is 1.68 bits per heavy atom. The Morgan fingerprint density at radius 1 is 0.951 bits per heavy atom. The van der Waals surface area contributed by atoms with Crippen LogP contribution in [0.3, 0.4) is 0 Å². The predicted octanol–water partition coefficient (Wildman–Crippen LogP) is 5.00. The van der Waals surface area contributed by atoms with E-state index in [2.05, 4.69) is 47.1 Å². The van der Waals surface area contributed by atoms with Crippen molar-refractivity contribution in [1.82, 2.24) is 19.8 Å². The van der Waals surface area contributed by atoms with Crippen LogP contribution in [0.1, 0.15) is 12.8 Å². The number of piperazine rings is 1. The lowest BCUT2D eigenvalue weighted by Crippen LogP contribution is -2.52. The Labute approximate surface area is 249 Å². The van der Waals surface area contributed by atoms with Gasteiger partial charge in [-0.15, -0.1) is 0 Å². The monoisotopic (exact) mass is 622 g/mol. The van der Waals surface area contributed by atoms with E-state index in [9.17, 15) is 8.42 Å². The lowest BCUT2D eigenvalue weighted by molar-refractivity contribution is 0.0981. The average Bonchev–Trinajstić information content (AvgIpc) is 2.92. The quantitative estimate of drug-likeness (QED) is 0.320. The standard InChI is InChI=1S/C27H33Cl2FN8O2S/c1-36-11-13-37(14-12-36)20-7-9-38(10-8-20)25-6-4-19(16-22(25)30)32-27-31-17-21(29)26(34-27)33-24-15-18(28)3-5-23(24)35-41(2,39)40/h3-6,15-17,20,35H,7-14H2,1-2H3,(H2,31,32,33,34). The van der Waals surface area contributed by atoms with E-state index in [1.165, 1.54) is 18.3 Å². The lowest BCUT2D eigenvalue weighted by atomic mass is 10.0. The molecule has 0 radical (unpaired) electrons. The lowest BCUT2D eigenvalue weighted by Gasteiger charge is -2.42. The fraction of sp³-hybridized carbons (Fsp3) is 0.407. The van der Waals surface area contributed by atoms with Gasteiger partial charge in [-0.2, -0.15) is 4.98 Å². The van der Waals surface area contributed by atoms with Crippen LogP contribution < -0.4 is 20.3 Å². The van der Waals surface area contributed by atoms with E-state index >= 15 is 4.39 Å². The van der Waals surface area contributed by atoms with E-state index in [1.54, 1.807) is 24.3 Å². The topological polar surface area (TPSA) is 106 Å². The van der Waals surface area contributed by atoms with Gasteiger partial charge < -0.3 is 20.4 Å². The number of anilines is 6. The first-order valence-electron chi connectivity index (χ1n) is 13.3. The molecule has 3 heterocycles. The number of hydrogen-bond donors (Lipinski definition) is 3. The first kappa shape index (κ1) is 29.6. The normalized spacial score (nSPS) is 17.4. The fourth-order valence-corrected chi connectivity index (χ4v) is 6.07. The number of piperidine rings is 1. The van der Waals surface area contributed by atoms with Crippen molar-refractivity contribution in [2.45, 2.75) is 18.9 Å². The van der Waals surface area contributed by atoms with Gasteiger partial charge in [-0.3, -0.25) is 9.62 Å². The molecule has 0 spiro atoms. The summed E-state index contributed by atoms with van der Waals surface area (Å²) in [6.07, 6.45) is 4.48. The van der Waals surface area contributed by atoms with Gasteiger partial charge in [0.1, 0.15) is 10.8 Å². The van der Waals surface area contributed by atoms with Crippen LogP contribution in [0.2, 0.25) is 10.0 Å². The number of aromatic nitrogens is 2. The first-order valence-corrected chi connectivity index (χ1v) is 16.0. The van der Waals surface area contributed by atoms with Crippen LogP contribution in [0.4, 0.5) is 38.9 Å². The van der Waals surface area contributed by atoms with Crippen molar-refractivity contribution in [3.63, 3.8) is 0 Å². The minimum atomic E-state index is -3.54. The van der Waals surface area contributed by atoms with Gasteiger partial charge in [0.25, 0.3) is 0 Å². The summed E-state index contributed by atoms with van der Waals surface area (Å²) < 4.78 is 41.2. The van der Waals surface area contributed by atoms with Gasteiger partial charge in [-0.05, 0) is 56.3 Å². The highest BCUT2D eigenvalue weighted by Gasteiger charge is 2.27. The Balaban J connectivity index is 1.25. The summed E-state index contributed by atoms with van der Waals surface area (Å²) in [5.41, 5.74) is 1.68. The number of benzene rings is 2. The molecule has 2 fully saturated rings. The molecule has 0 aliphatic carbocycles. The minimum Gasteiger partial charge on any atom is -0.369 e. The smallest absolute Gasteiger partial charge is 0.229 e. The molecular weight excluding hydrogens is 590 g/mol. The van der Waals surface area contributed by atoms with Crippen LogP contribution >= 0.6 is 23.2 Å².